The zero-order chi connectivity index (χ0) is 10.3. The van der Waals surface area contributed by atoms with Crippen molar-refractivity contribution in [3.8, 4) is 0 Å². The second-order valence-corrected chi connectivity index (χ2v) is 4.62. The maximum absolute atomic E-state index is 4.45. The molecule has 0 saturated carbocycles. The molecule has 0 saturated heterocycles. The summed E-state index contributed by atoms with van der Waals surface area (Å²) < 4.78 is 1.89. The number of fused-ring (bicyclic) bond motifs is 1. The van der Waals surface area contributed by atoms with Gasteiger partial charge in [0.25, 0.3) is 0 Å². The smallest absolute Gasteiger partial charge is 0.0899 e. The maximum Gasteiger partial charge on any atom is 0.0899 e. The molecule has 2 aromatic rings. The van der Waals surface area contributed by atoms with Gasteiger partial charge in [-0.1, -0.05) is 20.8 Å². The second kappa shape index (κ2) is 2.80. The molecule has 2 aromatic heterocycles. The molecule has 0 unspecified atom stereocenters. The molecule has 0 atom stereocenters. The molecule has 0 aromatic carbocycles. The van der Waals surface area contributed by atoms with Crippen LogP contribution in [0, 0.1) is 0 Å². The number of hydrogen-bond acceptors (Lipinski definition) is 2. The quantitative estimate of drug-likeness (QED) is 0.636. The van der Waals surface area contributed by atoms with Gasteiger partial charge in [-0.05, 0) is 6.07 Å². The van der Waals surface area contributed by atoms with Crippen LogP contribution in [0.1, 0.15) is 26.5 Å². The van der Waals surface area contributed by atoms with E-state index in [1.807, 2.05) is 30.2 Å². The highest BCUT2D eigenvalue weighted by molar-refractivity contribution is 5.81. The Morgan fingerprint density at radius 2 is 2.00 bits per heavy atom. The summed E-state index contributed by atoms with van der Waals surface area (Å²) in [6.45, 7) is 6.51. The molecule has 0 N–H and O–H groups in total. The van der Waals surface area contributed by atoms with Gasteiger partial charge in [0.1, 0.15) is 0 Å². The van der Waals surface area contributed by atoms with Gasteiger partial charge in [0.2, 0.25) is 0 Å². The molecule has 3 nitrogen and oxygen atoms in total. The van der Waals surface area contributed by atoms with E-state index in [2.05, 4.69) is 30.9 Å². The van der Waals surface area contributed by atoms with Gasteiger partial charge in [-0.15, -0.1) is 0 Å². The fourth-order valence-corrected chi connectivity index (χ4v) is 1.67. The zero-order valence-corrected chi connectivity index (χ0v) is 9.07. The fourth-order valence-electron chi connectivity index (χ4n) is 1.67. The lowest BCUT2D eigenvalue weighted by atomic mass is 9.90. The monoisotopic (exact) mass is 189 g/mol. The lowest BCUT2D eigenvalue weighted by Crippen LogP contribution is -2.15. The standard InChI is InChI=1S/C11H15N3/c1-11(2,3)10-9-8(5-6-12-10)7-13-14(9)4/h5-7H,1-4H3. The minimum absolute atomic E-state index is 0.0628. The van der Waals surface area contributed by atoms with Crippen molar-refractivity contribution in [2.45, 2.75) is 26.2 Å². The molecule has 0 radical (unpaired) electrons. The number of pyridine rings is 1. The van der Waals surface area contributed by atoms with E-state index in [4.69, 9.17) is 0 Å². The van der Waals surface area contributed by atoms with Crippen LogP contribution in [0.4, 0.5) is 0 Å². The lowest BCUT2D eigenvalue weighted by molar-refractivity contribution is 0.570. The van der Waals surface area contributed by atoms with Crippen LogP contribution in [0.3, 0.4) is 0 Å². The second-order valence-electron chi connectivity index (χ2n) is 4.62. The molecule has 0 fully saturated rings. The van der Waals surface area contributed by atoms with Crippen molar-refractivity contribution in [1.82, 2.24) is 14.8 Å². The Bertz CT molecular complexity index is 463. The molecule has 0 aliphatic heterocycles. The van der Waals surface area contributed by atoms with Crippen LogP contribution < -0.4 is 0 Å². The Balaban J connectivity index is 2.82. The van der Waals surface area contributed by atoms with E-state index in [-0.39, 0.29) is 5.41 Å². The average Bonchev–Trinajstić information content (AvgIpc) is 2.46. The van der Waals surface area contributed by atoms with Crippen LogP contribution in [-0.2, 0) is 12.5 Å². The summed E-state index contributed by atoms with van der Waals surface area (Å²) in [4.78, 5) is 4.45. The van der Waals surface area contributed by atoms with E-state index in [9.17, 15) is 0 Å². The van der Waals surface area contributed by atoms with Crippen molar-refractivity contribution >= 4 is 10.9 Å². The Morgan fingerprint density at radius 1 is 1.29 bits per heavy atom. The summed E-state index contributed by atoms with van der Waals surface area (Å²) in [5, 5.41) is 5.41. The van der Waals surface area contributed by atoms with Crippen LogP contribution >= 0.6 is 0 Å². The first-order chi connectivity index (χ1) is 6.50. The Morgan fingerprint density at radius 3 is 2.64 bits per heavy atom. The van der Waals surface area contributed by atoms with E-state index in [1.54, 1.807) is 0 Å². The van der Waals surface area contributed by atoms with E-state index in [1.165, 1.54) is 0 Å². The minimum Gasteiger partial charge on any atom is -0.266 e. The van der Waals surface area contributed by atoms with Gasteiger partial charge in [0, 0.05) is 24.0 Å². The van der Waals surface area contributed by atoms with Crippen LogP contribution in [0.15, 0.2) is 18.5 Å². The van der Waals surface area contributed by atoms with Crippen molar-refractivity contribution in [2.24, 2.45) is 7.05 Å². The van der Waals surface area contributed by atoms with E-state index >= 15 is 0 Å². The summed E-state index contributed by atoms with van der Waals surface area (Å²) in [6, 6.07) is 2.00. The van der Waals surface area contributed by atoms with Crippen molar-refractivity contribution in [3.63, 3.8) is 0 Å². The zero-order valence-electron chi connectivity index (χ0n) is 9.07. The number of aryl methyl sites for hydroxylation is 1. The topological polar surface area (TPSA) is 30.7 Å². The summed E-state index contributed by atoms with van der Waals surface area (Å²) in [7, 11) is 1.96. The molecule has 3 heteroatoms. The van der Waals surface area contributed by atoms with Crippen LogP contribution in [0.25, 0.3) is 10.9 Å². The molecule has 0 aliphatic carbocycles. The Hall–Kier alpha value is -1.38. The first-order valence-corrected chi connectivity index (χ1v) is 4.77. The van der Waals surface area contributed by atoms with Crippen LogP contribution in [0.2, 0.25) is 0 Å². The number of nitrogens with zero attached hydrogens (tertiary/aromatic N) is 3. The molecule has 74 valence electrons. The third-order valence-corrected chi connectivity index (χ3v) is 2.36. The molecular formula is C11H15N3. The van der Waals surface area contributed by atoms with Gasteiger partial charge >= 0.3 is 0 Å². The van der Waals surface area contributed by atoms with Gasteiger partial charge < -0.3 is 0 Å². The summed E-state index contributed by atoms with van der Waals surface area (Å²) >= 11 is 0. The van der Waals surface area contributed by atoms with Gasteiger partial charge in [-0.2, -0.15) is 5.10 Å². The third-order valence-electron chi connectivity index (χ3n) is 2.36. The van der Waals surface area contributed by atoms with Gasteiger partial charge in [0.05, 0.1) is 17.4 Å². The first-order valence-electron chi connectivity index (χ1n) is 4.77. The summed E-state index contributed by atoms with van der Waals surface area (Å²) in [6.07, 6.45) is 3.73. The predicted molar refractivity (Wildman–Crippen MR) is 57.2 cm³/mol. The van der Waals surface area contributed by atoms with E-state index in [0.717, 1.165) is 16.6 Å². The Kier molecular flexibility index (Phi) is 1.84. The van der Waals surface area contributed by atoms with Crippen molar-refractivity contribution in [1.29, 1.82) is 0 Å². The van der Waals surface area contributed by atoms with Crippen molar-refractivity contribution < 1.29 is 0 Å². The highest BCUT2D eigenvalue weighted by Crippen LogP contribution is 2.26. The molecule has 0 spiro atoms. The molecule has 2 heterocycles. The van der Waals surface area contributed by atoms with Gasteiger partial charge in [-0.25, -0.2) is 0 Å². The maximum atomic E-state index is 4.45. The predicted octanol–water partition coefficient (Wildman–Crippen LogP) is 2.27. The van der Waals surface area contributed by atoms with Gasteiger partial charge in [0.15, 0.2) is 0 Å². The lowest BCUT2D eigenvalue weighted by Gasteiger charge is -2.18. The van der Waals surface area contributed by atoms with E-state index < -0.39 is 0 Å². The molecule has 0 bridgehead atoms. The molecular weight excluding hydrogens is 174 g/mol. The van der Waals surface area contributed by atoms with Crippen molar-refractivity contribution in [3.05, 3.63) is 24.2 Å². The molecule has 0 aliphatic rings. The number of rotatable bonds is 0. The SMILES string of the molecule is Cn1ncc2ccnc(C(C)(C)C)c21. The highest BCUT2D eigenvalue weighted by Gasteiger charge is 2.20. The minimum atomic E-state index is 0.0628. The fraction of sp³-hybridized carbons (Fsp3) is 0.455. The normalized spacial score (nSPS) is 12.3. The highest BCUT2D eigenvalue weighted by atomic mass is 15.3. The van der Waals surface area contributed by atoms with Crippen LogP contribution in [0.5, 0.6) is 0 Å². The third kappa shape index (κ3) is 1.29. The van der Waals surface area contributed by atoms with Crippen LogP contribution in [-0.4, -0.2) is 14.8 Å². The first kappa shape index (κ1) is 9.19. The van der Waals surface area contributed by atoms with E-state index in [0.29, 0.717) is 0 Å². The molecule has 0 amide bonds. The largest absolute Gasteiger partial charge is 0.266 e. The average molecular weight is 189 g/mol. The molecule has 2 rings (SSSR count). The molecule has 14 heavy (non-hydrogen) atoms. The summed E-state index contributed by atoms with van der Waals surface area (Å²) in [5.41, 5.74) is 2.31. The Labute approximate surface area is 83.8 Å². The number of hydrogen-bond donors (Lipinski definition) is 0. The summed E-state index contributed by atoms with van der Waals surface area (Å²) in [5.74, 6) is 0. The van der Waals surface area contributed by atoms with Gasteiger partial charge in [-0.3, -0.25) is 9.67 Å². The number of aromatic nitrogens is 3. The van der Waals surface area contributed by atoms with Crippen molar-refractivity contribution in [2.75, 3.05) is 0 Å².